The number of nitrogens with zero attached hydrogens (tertiary/aromatic N) is 1. The Morgan fingerprint density at radius 1 is 1.46 bits per heavy atom. The highest BCUT2D eigenvalue weighted by Gasteiger charge is 2.09. The highest BCUT2D eigenvalue weighted by Crippen LogP contribution is 2.07. The Morgan fingerprint density at radius 3 is 2.77 bits per heavy atom. The van der Waals surface area contributed by atoms with Crippen molar-refractivity contribution in [2.75, 3.05) is 43.6 Å². The van der Waals surface area contributed by atoms with Crippen LogP contribution in [0.25, 0.3) is 0 Å². The Bertz CT molecular complexity index is 162. The molecule has 1 aliphatic heterocycles. The average molecular weight is 223 g/mol. The molecular weight excluding hydrogens is 208 g/mol. The van der Waals surface area contributed by atoms with Gasteiger partial charge in [-0.25, -0.2) is 0 Å². The standard InChI is InChI=1S/C8H15ClN2OS/c9-7-8(12)10-1-2-11-3-5-13-6-4-11/h1-7H2,(H,10,12). The van der Waals surface area contributed by atoms with E-state index in [1.807, 2.05) is 11.8 Å². The number of nitrogens with one attached hydrogen (secondary N) is 1. The highest BCUT2D eigenvalue weighted by molar-refractivity contribution is 7.99. The zero-order valence-electron chi connectivity index (χ0n) is 7.59. The van der Waals surface area contributed by atoms with Crippen molar-refractivity contribution in [2.45, 2.75) is 0 Å². The van der Waals surface area contributed by atoms with Gasteiger partial charge in [-0.1, -0.05) is 0 Å². The maximum absolute atomic E-state index is 10.8. The first-order chi connectivity index (χ1) is 6.33. The molecule has 0 aliphatic carbocycles. The SMILES string of the molecule is O=C(CCl)NCCN1CCSCC1. The topological polar surface area (TPSA) is 32.3 Å². The molecular formula is C8H15ClN2OS. The Morgan fingerprint density at radius 2 is 2.15 bits per heavy atom. The molecule has 13 heavy (non-hydrogen) atoms. The van der Waals surface area contributed by atoms with Crippen LogP contribution in [-0.2, 0) is 4.79 Å². The van der Waals surface area contributed by atoms with Crippen molar-refractivity contribution in [3.63, 3.8) is 0 Å². The van der Waals surface area contributed by atoms with Gasteiger partial charge in [0.2, 0.25) is 5.91 Å². The fourth-order valence-corrected chi connectivity index (χ4v) is 2.30. The summed E-state index contributed by atoms with van der Waals surface area (Å²) in [7, 11) is 0. The van der Waals surface area contributed by atoms with Gasteiger partial charge in [-0.05, 0) is 0 Å². The maximum Gasteiger partial charge on any atom is 0.234 e. The number of hydrogen-bond acceptors (Lipinski definition) is 3. The lowest BCUT2D eigenvalue weighted by Crippen LogP contribution is -2.39. The number of alkyl halides is 1. The summed E-state index contributed by atoms with van der Waals surface area (Å²) in [4.78, 5) is 13.2. The molecule has 0 unspecified atom stereocenters. The molecule has 0 aromatic heterocycles. The van der Waals surface area contributed by atoms with Gasteiger partial charge in [0.05, 0.1) is 0 Å². The van der Waals surface area contributed by atoms with Crippen molar-refractivity contribution in [2.24, 2.45) is 0 Å². The number of carbonyl (C=O) groups is 1. The average Bonchev–Trinajstić information content (AvgIpc) is 2.19. The minimum atomic E-state index is -0.0759. The molecule has 5 heteroatoms. The fraction of sp³-hybridized carbons (Fsp3) is 0.875. The van der Waals surface area contributed by atoms with E-state index in [-0.39, 0.29) is 11.8 Å². The quantitative estimate of drug-likeness (QED) is 0.699. The van der Waals surface area contributed by atoms with E-state index in [9.17, 15) is 4.79 Å². The van der Waals surface area contributed by atoms with Crippen LogP contribution in [0.3, 0.4) is 0 Å². The molecule has 1 saturated heterocycles. The van der Waals surface area contributed by atoms with E-state index in [1.165, 1.54) is 11.5 Å². The summed E-state index contributed by atoms with van der Waals surface area (Å²) in [6.07, 6.45) is 0. The molecule has 1 N–H and O–H groups in total. The van der Waals surface area contributed by atoms with E-state index in [2.05, 4.69) is 10.2 Å². The molecule has 0 spiro atoms. The third kappa shape index (κ3) is 4.74. The second kappa shape index (κ2) is 6.51. The molecule has 1 fully saturated rings. The third-order valence-electron chi connectivity index (χ3n) is 1.98. The summed E-state index contributed by atoms with van der Waals surface area (Å²) >= 11 is 7.34. The Labute approximate surface area is 88.2 Å². The van der Waals surface area contributed by atoms with Gasteiger partial charge in [-0.3, -0.25) is 9.69 Å². The summed E-state index contributed by atoms with van der Waals surface area (Å²) < 4.78 is 0. The molecule has 76 valence electrons. The minimum absolute atomic E-state index is 0.0653. The lowest BCUT2D eigenvalue weighted by molar-refractivity contribution is -0.118. The summed E-state index contributed by atoms with van der Waals surface area (Å²) in [5, 5.41) is 2.76. The van der Waals surface area contributed by atoms with Crippen molar-refractivity contribution < 1.29 is 4.79 Å². The first kappa shape index (κ1) is 11.1. The van der Waals surface area contributed by atoms with Crippen LogP contribution in [0.15, 0.2) is 0 Å². The third-order valence-corrected chi connectivity index (χ3v) is 3.16. The van der Waals surface area contributed by atoms with Gasteiger partial charge in [-0.15, -0.1) is 11.6 Å². The monoisotopic (exact) mass is 222 g/mol. The molecule has 0 bridgehead atoms. The summed E-state index contributed by atoms with van der Waals surface area (Å²) in [5.74, 6) is 2.41. The summed E-state index contributed by atoms with van der Waals surface area (Å²) in [5.41, 5.74) is 0. The van der Waals surface area contributed by atoms with Gasteiger partial charge in [0.25, 0.3) is 0 Å². The maximum atomic E-state index is 10.8. The highest BCUT2D eigenvalue weighted by atomic mass is 35.5. The predicted molar refractivity (Wildman–Crippen MR) is 57.5 cm³/mol. The van der Waals surface area contributed by atoms with Crippen molar-refractivity contribution in [1.82, 2.24) is 10.2 Å². The molecule has 1 heterocycles. The van der Waals surface area contributed by atoms with E-state index >= 15 is 0 Å². The molecule has 0 aromatic rings. The Hall–Kier alpha value is 0.0700. The van der Waals surface area contributed by atoms with Crippen molar-refractivity contribution >= 4 is 29.3 Å². The van der Waals surface area contributed by atoms with Crippen LogP contribution >= 0.6 is 23.4 Å². The lowest BCUT2D eigenvalue weighted by atomic mass is 10.4. The molecule has 0 atom stereocenters. The summed E-state index contributed by atoms with van der Waals surface area (Å²) in [6, 6.07) is 0. The molecule has 3 nitrogen and oxygen atoms in total. The van der Waals surface area contributed by atoms with Crippen LogP contribution in [0, 0.1) is 0 Å². The van der Waals surface area contributed by atoms with E-state index in [4.69, 9.17) is 11.6 Å². The smallest absolute Gasteiger partial charge is 0.234 e. The predicted octanol–water partition coefficient (Wildman–Crippen LogP) is 0.390. The number of hydrogen-bond donors (Lipinski definition) is 1. The van der Waals surface area contributed by atoms with Gasteiger partial charge in [0, 0.05) is 37.7 Å². The van der Waals surface area contributed by atoms with Gasteiger partial charge in [-0.2, -0.15) is 11.8 Å². The molecule has 0 aromatic carbocycles. The Balaban J connectivity index is 2.01. The van der Waals surface area contributed by atoms with Gasteiger partial charge < -0.3 is 5.32 Å². The number of rotatable bonds is 4. The molecule has 1 rings (SSSR count). The van der Waals surface area contributed by atoms with E-state index in [1.54, 1.807) is 0 Å². The van der Waals surface area contributed by atoms with Crippen LogP contribution < -0.4 is 5.32 Å². The van der Waals surface area contributed by atoms with E-state index in [0.717, 1.165) is 26.2 Å². The van der Waals surface area contributed by atoms with Crippen molar-refractivity contribution in [3.8, 4) is 0 Å². The lowest BCUT2D eigenvalue weighted by Gasteiger charge is -2.25. The molecule has 1 aliphatic rings. The molecule has 0 radical (unpaired) electrons. The summed E-state index contributed by atoms with van der Waals surface area (Å²) in [6.45, 7) is 3.95. The largest absolute Gasteiger partial charge is 0.354 e. The van der Waals surface area contributed by atoms with Crippen molar-refractivity contribution in [1.29, 1.82) is 0 Å². The molecule has 1 amide bonds. The first-order valence-corrected chi connectivity index (χ1v) is 6.14. The van der Waals surface area contributed by atoms with Gasteiger partial charge >= 0.3 is 0 Å². The normalized spacial score (nSPS) is 18.5. The van der Waals surface area contributed by atoms with Gasteiger partial charge in [0.15, 0.2) is 0 Å². The van der Waals surface area contributed by atoms with Crippen LogP contribution in [0.4, 0.5) is 0 Å². The van der Waals surface area contributed by atoms with Crippen LogP contribution in [0.2, 0.25) is 0 Å². The van der Waals surface area contributed by atoms with Gasteiger partial charge in [0.1, 0.15) is 5.88 Å². The number of thioether (sulfide) groups is 1. The second-order valence-electron chi connectivity index (χ2n) is 2.94. The second-order valence-corrected chi connectivity index (χ2v) is 4.43. The zero-order valence-corrected chi connectivity index (χ0v) is 9.16. The van der Waals surface area contributed by atoms with E-state index < -0.39 is 0 Å². The number of carbonyl (C=O) groups excluding carboxylic acids is 1. The zero-order chi connectivity index (χ0) is 9.52. The fourth-order valence-electron chi connectivity index (χ4n) is 1.23. The van der Waals surface area contributed by atoms with Crippen LogP contribution in [0.1, 0.15) is 0 Å². The Kier molecular flexibility index (Phi) is 5.58. The van der Waals surface area contributed by atoms with Crippen molar-refractivity contribution in [3.05, 3.63) is 0 Å². The molecule has 0 saturated carbocycles. The first-order valence-electron chi connectivity index (χ1n) is 4.45. The number of amides is 1. The minimum Gasteiger partial charge on any atom is -0.354 e. The number of halogens is 1. The van der Waals surface area contributed by atoms with Crippen LogP contribution in [-0.4, -0.2) is 54.4 Å². The van der Waals surface area contributed by atoms with Crippen LogP contribution in [0.5, 0.6) is 0 Å². The van der Waals surface area contributed by atoms with E-state index in [0.29, 0.717) is 0 Å².